The Labute approximate surface area is 160 Å². The maximum Gasteiger partial charge on any atom is 0.253 e. The van der Waals surface area contributed by atoms with Crippen molar-refractivity contribution in [2.24, 2.45) is 0 Å². The van der Waals surface area contributed by atoms with Gasteiger partial charge in [0, 0.05) is 18.7 Å². The maximum atomic E-state index is 12.5. The fourth-order valence-electron chi connectivity index (χ4n) is 2.98. The first-order valence-electron chi connectivity index (χ1n) is 9.02. The predicted octanol–water partition coefficient (Wildman–Crippen LogP) is 0.768. The molecule has 142 valence electrons. The van der Waals surface area contributed by atoms with Gasteiger partial charge in [-0.15, -0.1) is 0 Å². The number of aromatic nitrogens is 1. The molecule has 0 atom stereocenters. The molecule has 0 saturated carbocycles. The van der Waals surface area contributed by atoms with E-state index < -0.39 is 0 Å². The van der Waals surface area contributed by atoms with E-state index in [9.17, 15) is 4.79 Å². The van der Waals surface area contributed by atoms with E-state index >= 15 is 0 Å². The molecule has 0 amide bonds. The average molecular weight is 378 g/mol. The molecule has 6 nitrogen and oxygen atoms in total. The number of fused-ring (bicyclic) bond motifs is 1. The summed E-state index contributed by atoms with van der Waals surface area (Å²) in [6, 6.07) is 7.61. The summed E-state index contributed by atoms with van der Waals surface area (Å²) in [7, 11) is 3.43. The fraction of sp³-hybridized carbons (Fsp3) is 0.474. The summed E-state index contributed by atoms with van der Waals surface area (Å²) < 4.78 is 5.22. The molecule has 2 rings (SSSR count). The first kappa shape index (κ1) is 20.2. The molecule has 0 aliphatic heterocycles. The van der Waals surface area contributed by atoms with Crippen molar-refractivity contribution >= 4 is 28.2 Å². The van der Waals surface area contributed by atoms with E-state index in [4.69, 9.17) is 17.0 Å². The van der Waals surface area contributed by atoms with Crippen LogP contribution >= 0.6 is 12.2 Å². The lowest BCUT2D eigenvalue weighted by Crippen LogP contribution is -3.12. The van der Waals surface area contributed by atoms with Gasteiger partial charge in [0.2, 0.25) is 0 Å². The molecule has 0 aliphatic carbocycles. The van der Waals surface area contributed by atoms with E-state index in [1.165, 1.54) is 4.90 Å². The van der Waals surface area contributed by atoms with Crippen molar-refractivity contribution in [1.82, 2.24) is 15.2 Å². The number of likely N-dealkylation sites (N-methyl/N-ethyl adjacent to an activating group) is 1. The molecule has 0 aliphatic rings. The van der Waals surface area contributed by atoms with Crippen LogP contribution in [0.15, 0.2) is 29.1 Å². The second-order valence-corrected chi connectivity index (χ2v) is 6.65. The Balaban J connectivity index is 2.25. The first-order valence-corrected chi connectivity index (χ1v) is 9.43. The van der Waals surface area contributed by atoms with E-state index in [0.717, 1.165) is 42.8 Å². The van der Waals surface area contributed by atoms with Crippen molar-refractivity contribution < 1.29 is 9.64 Å². The van der Waals surface area contributed by atoms with Crippen LogP contribution in [0, 0.1) is 0 Å². The van der Waals surface area contributed by atoms with Crippen molar-refractivity contribution in [1.29, 1.82) is 0 Å². The quantitative estimate of drug-likeness (QED) is 0.593. The molecule has 0 spiro atoms. The summed E-state index contributed by atoms with van der Waals surface area (Å²) in [5.41, 5.74) is 1.38. The monoisotopic (exact) mass is 377 g/mol. The SMILES string of the molecule is CC[NH+](CC)CCN(Cc1cc2ccc(OC)cc2[nH]c1=O)C(=S)NC. The van der Waals surface area contributed by atoms with Gasteiger partial charge in [-0.3, -0.25) is 4.79 Å². The zero-order valence-corrected chi connectivity index (χ0v) is 16.8. The van der Waals surface area contributed by atoms with Gasteiger partial charge in [0.25, 0.3) is 5.56 Å². The molecular weight excluding hydrogens is 348 g/mol. The number of quaternary nitrogens is 1. The number of thiocarbonyl (C=S) groups is 1. The van der Waals surface area contributed by atoms with E-state index in [0.29, 0.717) is 17.2 Å². The molecule has 0 radical (unpaired) electrons. The molecule has 7 heteroatoms. The molecule has 26 heavy (non-hydrogen) atoms. The lowest BCUT2D eigenvalue weighted by Gasteiger charge is -2.26. The minimum atomic E-state index is -0.0927. The molecule has 2 aromatic rings. The average Bonchev–Trinajstić information content (AvgIpc) is 2.67. The van der Waals surface area contributed by atoms with Crippen LogP contribution in [0.1, 0.15) is 19.4 Å². The topological polar surface area (TPSA) is 61.8 Å². The van der Waals surface area contributed by atoms with Gasteiger partial charge >= 0.3 is 0 Å². The molecule has 3 N–H and O–H groups in total. The lowest BCUT2D eigenvalue weighted by atomic mass is 10.1. The molecule has 0 unspecified atom stereocenters. The second kappa shape index (κ2) is 9.54. The minimum Gasteiger partial charge on any atom is -0.497 e. The summed E-state index contributed by atoms with van der Waals surface area (Å²) in [5.74, 6) is 0.723. The first-order chi connectivity index (χ1) is 12.5. The highest BCUT2D eigenvalue weighted by molar-refractivity contribution is 7.80. The van der Waals surface area contributed by atoms with Gasteiger partial charge in [-0.05, 0) is 49.7 Å². The third-order valence-corrected chi connectivity index (χ3v) is 5.19. The van der Waals surface area contributed by atoms with Crippen molar-refractivity contribution in [3.05, 3.63) is 40.2 Å². The van der Waals surface area contributed by atoms with Gasteiger partial charge in [0.15, 0.2) is 5.11 Å². The Kier molecular flexibility index (Phi) is 7.41. The summed E-state index contributed by atoms with van der Waals surface area (Å²) in [5, 5.41) is 4.67. The molecular formula is C19H29N4O2S+. The van der Waals surface area contributed by atoms with Gasteiger partial charge in [-0.25, -0.2) is 0 Å². The number of methoxy groups -OCH3 is 1. The smallest absolute Gasteiger partial charge is 0.253 e. The second-order valence-electron chi connectivity index (χ2n) is 6.26. The van der Waals surface area contributed by atoms with Crippen LogP contribution in [0.2, 0.25) is 0 Å². The van der Waals surface area contributed by atoms with Crippen LogP contribution in [0.3, 0.4) is 0 Å². The van der Waals surface area contributed by atoms with Gasteiger partial charge in [0.1, 0.15) is 5.75 Å². The summed E-state index contributed by atoms with van der Waals surface area (Å²) in [4.78, 5) is 19.1. The van der Waals surface area contributed by atoms with Crippen LogP contribution in [-0.4, -0.2) is 55.3 Å². The zero-order chi connectivity index (χ0) is 19.1. The van der Waals surface area contributed by atoms with Gasteiger partial charge in [0.05, 0.1) is 45.4 Å². The fourth-order valence-corrected chi connectivity index (χ4v) is 3.14. The number of ether oxygens (including phenoxy) is 1. The number of rotatable bonds is 8. The van der Waals surface area contributed by atoms with E-state index in [-0.39, 0.29) is 5.56 Å². The number of nitrogens with one attached hydrogen (secondary N) is 3. The van der Waals surface area contributed by atoms with Crippen molar-refractivity contribution in [3.8, 4) is 5.75 Å². The molecule has 0 fully saturated rings. The van der Waals surface area contributed by atoms with Crippen LogP contribution in [0.25, 0.3) is 10.9 Å². The Morgan fingerprint density at radius 3 is 2.65 bits per heavy atom. The summed E-state index contributed by atoms with van der Waals surface area (Å²) in [6.07, 6.45) is 0. The number of pyridine rings is 1. The summed E-state index contributed by atoms with van der Waals surface area (Å²) in [6.45, 7) is 8.79. The molecule has 0 saturated heterocycles. The Bertz CT molecular complexity index is 802. The largest absolute Gasteiger partial charge is 0.497 e. The Hall–Kier alpha value is -2.12. The lowest BCUT2D eigenvalue weighted by molar-refractivity contribution is -0.895. The van der Waals surface area contributed by atoms with E-state index in [1.807, 2.05) is 31.3 Å². The number of H-pyrrole nitrogens is 1. The standard InChI is InChI=1S/C19H28N4O2S/c1-5-22(6-2)9-10-23(19(26)20-3)13-15-11-14-7-8-16(25-4)12-17(14)21-18(15)24/h7-8,11-12H,5-6,9-10,13H2,1-4H3,(H,20,26)(H,21,24)/p+1. The predicted molar refractivity (Wildman–Crippen MR) is 110 cm³/mol. The molecule has 0 bridgehead atoms. The third-order valence-electron chi connectivity index (χ3n) is 4.73. The van der Waals surface area contributed by atoms with Crippen molar-refractivity contribution in [2.45, 2.75) is 20.4 Å². The number of benzene rings is 1. The number of aromatic amines is 1. The normalized spacial score (nSPS) is 11.0. The van der Waals surface area contributed by atoms with Crippen LogP contribution in [-0.2, 0) is 6.54 Å². The highest BCUT2D eigenvalue weighted by atomic mass is 32.1. The van der Waals surface area contributed by atoms with Crippen LogP contribution in [0.4, 0.5) is 0 Å². The molecule has 1 aromatic carbocycles. The van der Waals surface area contributed by atoms with Gasteiger partial charge < -0.3 is 24.8 Å². The third kappa shape index (κ3) is 4.95. The summed E-state index contributed by atoms with van der Waals surface area (Å²) >= 11 is 5.45. The van der Waals surface area contributed by atoms with Gasteiger partial charge in [-0.2, -0.15) is 0 Å². The van der Waals surface area contributed by atoms with Crippen molar-refractivity contribution in [3.63, 3.8) is 0 Å². The Morgan fingerprint density at radius 2 is 2.04 bits per heavy atom. The van der Waals surface area contributed by atoms with Gasteiger partial charge in [-0.1, -0.05) is 0 Å². The van der Waals surface area contributed by atoms with Crippen LogP contribution < -0.4 is 20.5 Å². The number of hydrogen-bond donors (Lipinski definition) is 3. The maximum absolute atomic E-state index is 12.5. The number of nitrogens with zero attached hydrogens (tertiary/aromatic N) is 1. The number of hydrogen-bond acceptors (Lipinski definition) is 3. The van der Waals surface area contributed by atoms with E-state index in [1.54, 1.807) is 7.11 Å². The zero-order valence-electron chi connectivity index (χ0n) is 16.0. The van der Waals surface area contributed by atoms with Crippen LogP contribution in [0.5, 0.6) is 5.75 Å². The van der Waals surface area contributed by atoms with Crippen molar-refractivity contribution in [2.75, 3.05) is 40.3 Å². The highest BCUT2D eigenvalue weighted by Crippen LogP contribution is 2.18. The molecule has 1 aromatic heterocycles. The molecule has 1 heterocycles. The highest BCUT2D eigenvalue weighted by Gasteiger charge is 2.15. The Morgan fingerprint density at radius 1 is 1.31 bits per heavy atom. The van der Waals surface area contributed by atoms with E-state index in [2.05, 4.69) is 29.0 Å². The minimum absolute atomic E-state index is 0.0927.